The summed E-state index contributed by atoms with van der Waals surface area (Å²) in [5, 5.41) is 0. The highest BCUT2D eigenvalue weighted by Crippen LogP contribution is 2.52. The van der Waals surface area contributed by atoms with Crippen molar-refractivity contribution in [1.82, 2.24) is 4.98 Å². The Bertz CT molecular complexity index is 526. The Morgan fingerprint density at radius 3 is 2.53 bits per heavy atom. The molecule has 3 aliphatic rings. The smallest absolute Gasteiger partial charge is 0.186 e. The molecule has 3 aliphatic carbocycles. The maximum absolute atomic E-state index is 12.4. The zero-order valence-corrected chi connectivity index (χ0v) is 9.17. The monoisotopic (exact) mass is 225 g/mol. The summed E-state index contributed by atoms with van der Waals surface area (Å²) in [6.45, 7) is 0. The number of rotatable bonds is 0. The van der Waals surface area contributed by atoms with Crippen molar-refractivity contribution in [2.75, 3.05) is 0 Å². The first-order chi connectivity index (χ1) is 8.27. The molecule has 1 heterocycles. The van der Waals surface area contributed by atoms with E-state index in [0.29, 0.717) is 11.3 Å². The second kappa shape index (κ2) is 2.92. The standard InChI is InChI=1S/C14H11NO2/c16-13-9-2-1-5-15-12(9)14(17)11-8-4-3-7(6-8)10(11)13/h1-5,7-8,10-11H,6H2/t7-,8-,10+,11-/m0/s1. The number of nitrogens with zero attached hydrogens (tertiary/aromatic N) is 1. The lowest BCUT2D eigenvalue weighted by molar-refractivity contribution is 0.0716. The number of aromatic nitrogens is 1. The molecule has 4 rings (SSSR count). The van der Waals surface area contributed by atoms with E-state index in [9.17, 15) is 9.59 Å². The van der Waals surface area contributed by atoms with Gasteiger partial charge in [0.15, 0.2) is 11.6 Å². The Kier molecular flexibility index (Phi) is 1.59. The van der Waals surface area contributed by atoms with Gasteiger partial charge in [-0.3, -0.25) is 14.6 Å². The van der Waals surface area contributed by atoms with E-state index in [4.69, 9.17) is 0 Å². The largest absolute Gasteiger partial charge is 0.294 e. The van der Waals surface area contributed by atoms with Crippen molar-refractivity contribution in [3.05, 3.63) is 41.7 Å². The van der Waals surface area contributed by atoms with Crippen LogP contribution in [0, 0.1) is 23.7 Å². The van der Waals surface area contributed by atoms with Crippen LogP contribution >= 0.6 is 0 Å². The summed E-state index contributed by atoms with van der Waals surface area (Å²) in [5.41, 5.74) is 0.916. The van der Waals surface area contributed by atoms with Crippen molar-refractivity contribution in [2.45, 2.75) is 6.42 Å². The summed E-state index contributed by atoms with van der Waals surface area (Å²) >= 11 is 0. The molecule has 4 atom stereocenters. The highest BCUT2D eigenvalue weighted by Gasteiger charge is 2.54. The number of carbonyl (C=O) groups is 2. The lowest BCUT2D eigenvalue weighted by Crippen LogP contribution is -2.39. The molecule has 17 heavy (non-hydrogen) atoms. The van der Waals surface area contributed by atoms with Gasteiger partial charge >= 0.3 is 0 Å². The van der Waals surface area contributed by atoms with Crippen LogP contribution in [0.15, 0.2) is 30.5 Å². The van der Waals surface area contributed by atoms with E-state index in [2.05, 4.69) is 17.1 Å². The molecule has 0 unspecified atom stereocenters. The van der Waals surface area contributed by atoms with Crippen LogP contribution in [0.2, 0.25) is 0 Å². The van der Waals surface area contributed by atoms with Crippen LogP contribution in [0.3, 0.4) is 0 Å². The number of hydrogen-bond donors (Lipinski definition) is 0. The molecule has 3 heteroatoms. The summed E-state index contributed by atoms with van der Waals surface area (Å²) in [6.07, 6.45) is 6.76. The predicted molar refractivity (Wildman–Crippen MR) is 60.6 cm³/mol. The maximum atomic E-state index is 12.4. The van der Waals surface area contributed by atoms with Crippen molar-refractivity contribution in [3.63, 3.8) is 0 Å². The number of ketones is 2. The normalized spacial score (nSPS) is 37.2. The Morgan fingerprint density at radius 2 is 1.76 bits per heavy atom. The fourth-order valence-electron chi connectivity index (χ4n) is 3.68. The molecule has 0 spiro atoms. The Labute approximate surface area is 98.6 Å². The van der Waals surface area contributed by atoms with Gasteiger partial charge < -0.3 is 0 Å². The van der Waals surface area contributed by atoms with Crippen molar-refractivity contribution in [2.24, 2.45) is 23.7 Å². The van der Waals surface area contributed by atoms with E-state index in [-0.39, 0.29) is 35.2 Å². The number of pyridine rings is 1. The van der Waals surface area contributed by atoms with Gasteiger partial charge in [-0.1, -0.05) is 12.2 Å². The van der Waals surface area contributed by atoms with Gasteiger partial charge in [0, 0.05) is 23.6 Å². The van der Waals surface area contributed by atoms with E-state index in [1.165, 1.54) is 0 Å². The summed E-state index contributed by atoms with van der Waals surface area (Å²) in [6, 6.07) is 3.46. The van der Waals surface area contributed by atoms with Gasteiger partial charge in [0.05, 0.1) is 0 Å². The summed E-state index contributed by atoms with van der Waals surface area (Å²) < 4.78 is 0. The third-order valence-corrected chi connectivity index (χ3v) is 4.37. The zero-order valence-electron chi connectivity index (χ0n) is 9.17. The Balaban J connectivity index is 1.94. The molecule has 84 valence electrons. The average molecular weight is 225 g/mol. The molecular formula is C14H11NO2. The van der Waals surface area contributed by atoms with Gasteiger partial charge in [-0.25, -0.2) is 0 Å². The number of hydrogen-bond acceptors (Lipinski definition) is 3. The quantitative estimate of drug-likeness (QED) is 0.633. The number of Topliss-reactive ketones (excluding diaryl/α,β-unsaturated/α-hetero) is 2. The van der Waals surface area contributed by atoms with Gasteiger partial charge in [-0.15, -0.1) is 0 Å². The molecule has 1 aromatic heterocycles. The first-order valence-corrected chi connectivity index (χ1v) is 5.99. The van der Waals surface area contributed by atoms with Crippen molar-refractivity contribution >= 4 is 11.6 Å². The number of carbonyl (C=O) groups excluding carboxylic acids is 2. The maximum Gasteiger partial charge on any atom is 0.186 e. The van der Waals surface area contributed by atoms with Gasteiger partial charge in [0.2, 0.25) is 0 Å². The molecule has 0 aliphatic heterocycles. The molecule has 0 saturated heterocycles. The highest BCUT2D eigenvalue weighted by molar-refractivity contribution is 6.15. The molecule has 0 aromatic carbocycles. The first-order valence-electron chi connectivity index (χ1n) is 5.99. The topological polar surface area (TPSA) is 47.0 Å². The van der Waals surface area contributed by atoms with E-state index < -0.39 is 0 Å². The first kappa shape index (κ1) is 9.28. The second-order valence-electron chi connectivity index (χ2n) is 5.13. The Hall–Kier alpha value is -1.77. The highest BCUT2D eigenvalue weighted by atomic mass is 16.1. The zero-order chi connectivity index (χ0) is 11.6. The van der Waals surface area contributed by atoms with Gasteiger partial charge in [0.25, 0.3) is 0 Å². The lowest BCUT2D eigenvalue weighted by Gasteiger charge is -2.30. The summed E-state index contributed by atoms with van der Waals surface area (Å²) in [7, 11) is 0. The number of allylic oxidation sites excluding steroid dienone is 2. The van der Waals surface area contributed by atoms with E-state index in [1.807, 2.05) is 0 Å². The molecule has 0 N–H and O–H groups in total. The van der Waals surface area contributed by atoms with Crippen molar-refractivity contribution in [3.8, 4) is 0 Å². The molecule has 0 radical (unpaired) electrons. The third-order valence-electron chi connectivity index (χ3n) is 4.37. The van der Waals surface area contributed by atoms with Crippen LogP contribution in [0.25, 0.3) is 0 Å². The fourth-order valence-corrected chi connectivity index (χ4v) is 3.68. The fraction of sp³-hybridized carbons (Fsp3) is 0.357. The minimum absolute atomic E-state index is 0.0713. The van der Waals surface area contributed by atoms with E-state index >= 15 is 0 Å². The minimum Gasteiger partial charge on any atom is -0.294 e. The van der Waals surface area contributed by atoms with Crippen LogP contribution in [0.5, 0.6) is 0 Å². The Morgan fingerprint density at radius 1 is 1.06 bits per heavy atom. The molecule has 0 amide bonds. The van der Waals surface area contributed by atoms with Crippen LogP contribution in [-0.2, 0) is 0 Å². The van der Waals surface area contributed by atoms with Gasteiger partial charge in [0.1, 0.15) is 5.69 Å². The summed E-state index contributed by atoms with van der Waals surface area (Å²) in [4.78, 5) is 28.9. The van der Waals surface area contributed by atoms with Crippen molar-refractivity contribution < 1.29 is 9.59 Å². The average Bonchev–Trinajstić information content (AvgIpc) is 2.96. The third kappa shape index (κ3) is 0.996. The molecule has 1 fully saturated rings. The SMILES string of the molecule is O=C1c2ncccc2C(=O)[C@H]2[C@@H]1[C@H]1C=C[C@H]2C1. The van der Waals surface area contributed by atoms with Gasteiger partial charge in [-0.05, 0) is 30.4 Å². The van der Waals surface area contributed by atoms with Gasteiger partial charge in [-0.2, -0.15) is 0 Å². The summed E-state index contributed by atoms with van der Waals surface area (Å²) in [5.74, 6) is 0.470. The number of fused-ring (bicyclic) bond motifs is 6. The molecule has 1 aromatic rings. The predicted octanol–water partition coefficient (Wildman–Crippen LogP) is 1.90. The lowest BCUT2D eigenvalue weighted by atomic mass is 9.71. The minimum atomic E-state index is -0.139. The second-order valence-corrected chi connectivity index (χ2v) is 5.13. The molecule has 1 saturated carbocycles. The van der Waals surface area contributed by atoms with Crippen LogP contribution < -0.4 is 0 Å². The van der Waals surface area contributed by atoms with Crippen LogP contribution in [-0.4, -0.2) is 16.6 Å². The van der Waals surface area contributed by atoms with Crippen LogP contribution in [0.4, 0.5) is 0 Å². The van der Waals surface area contributed by atoms with E-state index in [0.717, 1.165) is 6.42 Å². The van der Waals surface area contributed by atoms with E-state index in [1.54, 1.807) is 18.3 Å². The molecule has 3 nitrogen and oxygen atoms in total. The molecule has 2 bridgehead atoms. The van der Waals surface area contributed by atoms with Crippen molar-refractivity contribution in [1.29, 1.82) is 0 Å². The molecular weight excluding hydrogens is 214 g/mol. The van der Waals surface area contributed by atoms with Crippen LogP contribution in [0.1, 0.15) is 27.3 Å².